The molecule has 79 heavy (non-hydrogen) atoms. The summed E-state index contributed by atoms with van der Waals surface area (Å²) in [6.07, 6.45) is 0. The van der Waals surface area contributed by atoms with Crippen molar-refractivity contribution in [3.8, 4) is 28.6 Å². The highest BCUT2D eigenvalue weighted by atomic mass is 16.5. The third-order valence-electron chi connectivity index (χ3n) is 16.6. The molecule has 3 aromatic heterocycles. The van der Waals surface area contributed by atoms with Gasteiger partial charge in [0, 0.05) is 83.9 Å². The van der Waals surface area contributed by atoms with Crippen LogP contribution in [0.5, 0.6) is 11.5 Å². The fourth-order valence-corrected chi connectivity index (χ4v) is 13.5. The van der Waals surface area contributed by atoms with E-state index in [2.05, 4.69) is 303 Å². The molecule has 15 aromatic rings. The van der Waals surface area contributed by atoms with Gasteiger partial charge in [-0.2, -0.15) is 0 Å². The molecule has 0 saturated heterocycles. The molecule has 0 amide bonds. The number of ether oxygens (including phenoxy) is 1. The van der Waals surface area contributed by atoms with Crippen molar-refractivity contribution in [2.45, 2.75) is 0 Å². The summed E-state index contributed by atoms with van der Waals surface area (Å²) in [6.45, 7) is -0.152. The van der Waals surface area contributed by atoms with E-state index in [4.69, 9.17) is 4.74 Å². The van der Waals surface area contributed by atoms with Crippen LogP contribution in [0.4, 0.5) is 34.1 Å². The predicted octanol–water partition coefficient (Wildman–Crippen LogP) is 16.9. The van der Waals surface area contributed by atoms with Crippen molar-refractivity contribution in [1.29, 1.82) is 0 Å². The van der Waals surface area contributed by atoms with Crippen molar-refractivity contribution in [1.82, 2.24) is 13.7 Å². The molecule has 0 aliphatic carbocycles. The maximum Gasteiger partial charge on any atom is 0.256 e. The minimum Gasteiger partial charge on any atom is -0.458 e. The molecule has 0 atom stereocenters. The minimum atomic E-state index is -0.152. The zero-order valence-electron chi connectivity index (χ0n) is 42.8. The molecule has 5 heterocycles. The maximum atomic E-state index is 7.18. The lowest BCUT2D eigenvalue weighted by molar-refractivity contribution is 0.487. The van der Waals surface area contributed by atoms with Gasteiger partial charge in [-0.05, 0) is 126 Å². The Labute approximate surface area is 456 Å². The van der Waals surface area contributed by atoms with Crippen LogP contribution < -0.4 is 30.9 Å². The van der Waals surface area contributed by atoms with Crippen molar-refractivity contribution in [3.05, 3.63) is 279 Å². The van der Waals surface area contributed by atoms with Gasteiger partial charge in [-0.1, -0.05) is 164 Å². The number of hydrogen-bond acceptors (Lipinski definition) is 3. The SMILES string of the molecule is c1ccc(N(c2ccccc2)c2cc3c4c(c2)N(c2ccccc2)c2ccc(-n5c6ccccc6c6c7c(c8ccccc8n7-c7ccccc7)c7c(c8ccccc8n7-c7ccccc7)c65)cc2B4c2ccccc2O3)cc1. The van der Waals surface area contributed by atoms with Crippen LogP contribution in [0.3, 0.4) is 0 Å². The number of rotatable bonds is 7. The lowest BCUT2D eigenvalue weighted by Crippen LogP contribution is -2.59. The summed E-state index contributed by atoms with van der Waals surface area (Å²) in [5.74, 6) is 1.70. The van der Waals surface area contributed by atoms with Gasteiger partial charge in [-0.3, -0.25) is 0 Å². The Bertz CT molecular complexity index is 4820. The average Bonchev–Trinajstić information content (AvgIpc) is 4.23. The highest BCUT2D eigenvalue weighted by Crippen LogP contribution is 2.51. The topological polar surface area (TPSA) is 30.5 Å². The Balaban J connectivity index is 1.01. The number of fused-ring (bicyclic) bond motifs is 16. The first kappa shape index (κ1) is 43.7. The molecule has 0 fully saturated rings. The number of hydrogen-bond donors (Lipinski definition) is 0. The van der Waals surface area contributed by atoms with E-state index in [1.165, 1.54) is 59.8 Å². The third-order valence-corrected chi connectivity index (χ3v) is 16.6. The molecule has 368 valence electrons. The number of aromatic nitrogens is 3. The Kier molecular flexibility index (Phi) is 9.41. The summed E-state index contributed by atoms with van der Waals surface area (Å²) in [5.41, 5.74) is 20.2. The van der Waals surface area contributed by atoms with Gasteiger partial charge in [-0.25, -0.2) is 0 Å². The van der Waals surface area contributed by atoms with Gasteiger partial charge in [0.05, 0.1) is 38.8 Å². The second kappa shape index (κ2) is 17.0. The Morgan fingerprint density at radius 2 is 0.734 bits per heavy atom. The number of para-hydroxylation sites is 9. The fraction of sp³-hybridized carbons (Fsp3) is 0. The normalized spacial score (nSPS) is 12.6. The first-order valence-corrected chi connectivity index (χ1v) is 27.1. The Morgan fingerprint density at radius 3 is 1.25 bits per heavy atom. The second-order valence-electron chi connectivity index (χ2n) is 20.8. The summed E-state index contributed by atoms with van der Waals surface area (Å²) in [6, 6.07) is 102. The van der Waals surface area contributed by atoms with E-state index in [1.807, 2.05) is 0 Å². The molecule has 12 aromatic carbocycles. The Morgan fingerprint density at radius 1 is 0.304 bits per heavy atom. The zero-order valence-corrected chi connectivity index (χ0v) is 42.8. The second-order valence-corrected chi connectivity index (χ2v) is 20.8. The molecule has 7 heteroatoms. The van der Waals surface area contributed by atoms with Crippen LogP contribution in [0, 0.1) is 0 Å². The molecule has 6 nitrogen and oxygen atoms in total. The highest BCUT2D eigenvalue weighted by Gasteiger charge is 2.43. The molecular formula is C72H46BN5O. The van der Waals surface area contributed by atoms with Gasteiger partial charge in [-0.15, -0.1) is 0 Å². The fourth-order valence-electron chi connectivity index (χ4n) is 13.5. The van der Waals surface area contributed by atoms with E-state index in [9.17, 15) is 0 Å². The van der Waals surface area contributed by atoms with Crippen molar-refractivity contribution in [2.75, 3.05) is 9.80 Å². The van der Waals surface area contributed by atoms with Gasteiger partial charge in [0.2, 0.25) is 0 Å². The van der Waals surface area contributed by atoms with E-state index in [0.717, 1.165) is 84.6 Å². The molecule has 0 saturated carbocycles. The van der Waals surface area contributed by atoms with Crippen LogP contribution in [0.15, 0.2) is 279 Å². The number of nitrogens with zero attached hydrogens (tertiary/aromatic N) is 5. The molecule has 0 bridgehead atoms. The largest absolute Gasteiger partial charge is 0.458 e. The lowest BCUT2D eigenvalue weighted by atomic mass is 9.34. The van der Waals surface area contributed by atoms with Gasteiger partial charge >= 0.3 is 0 Å². The molecule has 2 aliphatic heterocycles. The number of anilines is 6. The highest BCUT2D eigenvalue weighted by molar-refractivity contribution is 6.99. The van der Waals surface area contributed by atoms with Crippen LogP contribution in [-0.2, 0) is 0 Å². The van der Waals surface area contributed by atoms with E-state index in [0.29, 0.717) is 0 Å². The summed E-state index contributed by atoms with van der Waals surface area (Å²) >= 11 is 0. The van der Waals surface area contributed by atoms with Crippen LogP contribution in [-0.4, -0.2) is 20.4 Å². The standard InChI is InChI=1S/C72H46BN5O/c1-6-24-47(25-7-1)74(48-26-8-2-9-27-48)53-45-63-69-65(46-53)79-64-41-23-19-37-57(64)73(69)58-44-52(42-43-62(58)75(63)49-28-10-3-11-29-49)78-61-40-22-18-36-56(61)68-71-66(54-34-16-20-38-59(54)76(71)50-30-12-4-13-31-50)70-67(72(68)78)55-35-17-21-39-60(55)77(70)51-32-14-5-15-33-51/h1-46H. The van der Waals surface area contributed by atoms with E-state index < -0.39 is 0 Å². The van der Waals surface area contributed by atoms with Crippen molar-refractivity contribution >= 4 is 123 Å². The molecule has 2 aliphatic rings. The van der Waals surface area contributed by atoms with Crippen LogP contribution in [0.1, 0.15) is 0 Å². The molecule has 17 rings (SSSR count). The summed E-state index contributed by atoms with van der Waals surface area (Å²) in [7, 11) is 0. The first-order valence-electron chi connectivity index (χ1n) is 27.1. The zero-order chi connectivity index (χ0) is 51.7. The van der Waals surface area contributed by atoms with Gasteiger partial charge in [0.1, 0.15) is 11.5 Å². The predicted molar refractivity (Wildman–Crippen MR) is 330 cm³/mol. The average molecular weight is 1010 g/mol. The van der Waals surface area contributed by atoms with Gasteiger partial charge in [0.15, 0.2) is 0 Å². The molecular weight excluding hydrogens is 962 g/mol. The summed E-state index contributed by atoms with van der Waals surface area (Å²) in [4.78, 5) is 4.80. The van der Waals surface area contributed by atoms with E-state index in [1.54, 1.807) is 0 Å². The smallest absolute Gasteiger partial charge is 0.256 e. The third kappa shape index (κ3) is 6.30. The molecule has 0 radical (unpaired) electrons. The molecule has 0 spiro atoms. The maximum absolute atomic E-state index is 7.18. The molecule has 0 unspecified atom stereocenters. The summed E-state index contributed by atoms with van der Waals surface area (Å²) in [5, 5.41) is 7.28. The monoisotopic (exact) mass is 1010 g/mol. The van der Waals surface area contributed by atoms with Crippen molar-refractivity contribution in [2.24, 2.45) is 0 Å². The van der Waals surface area contributed by atoms with E-state index >= 15 is 0 Å². The lowest BCUT2D eigenvalue weighted by Gasteiger charge is -2.41. The van der Waals surface area contributed by atoms with Gasteiger partial charge in [0.25, 0.3) is 6.71 Å². The van der Waals surface area contributed by atoms with E-state index in [-0.39, 0.29) is 6.71 Å². The minimum absolute atomic E-state index is 0.152. The van der Waals surface area contributed by atoms with Crippen molar-refractivity contribution < 1.29 is 4.74 Å². The summed E-state index contributed by atoms with van der Waals surface area (Å²) < 4.78 is 14.8. The van der Waals surface area contributed by atoms with Crippen LogP contribution >= 0.6 is 0 Å². The van der Waals surface area contributed by atoms with Crippen LogP contribution in [0.25, 0.3) is 82.5 Å². The molecule has 0 N–H and O–H groups in total. The van der Waals surface area contributed by atoms with Gasteiger partial charge < -0.3 is 28.2 Å². The Hall–Kier alpha value is -10.5. The van der Waals surface area contributed by atoms with Crippen LogP contribution in [0.2, 0.25) is 0 Å². The quantitative estimate of drug-likeness (QED) is 0.149. The van der Waals surface area contributed by atoms with Crippen molar-refractivity contribution in [3.63, 3.8) is 0 Å². The first-order chi connectivity index (χ1) is 39.3. The number of benzene rings is 12.